The summed E-state index contributed by atoms with van der Waals surface area (Å²) in [6.45, 7) is 0.863. The molecule has 1 aromatic carbocycles. The third-order valence-electron chi connectivity index (χ3n) is 4.16. The molecule has 1 aliphatic heterocycles. The average molecular weight is 325 g/mol. The van der Waals surface area contributed by atoms with Crippen molar-refractivity contribution in [1.82, 2.24) is 9.47 Å². The van der Waals surface area contributed by atoms with Crippen molar-refractivity contribution in [3.63, 3.8) is 0 Å². The molecule has 2 heterocycles. The minimum absolute atomic E-state index is 0.0239. The van der Waals surface area contributed by atoms with Gasteiger partial charge in [-0.2, -0.15) is 0 Å². The molecular weight excluding hydrogens is 306 g/mol. The maximum atomic E-state index is 12.3. The van der Waals surface area contributed by atoms with Crippen molar-refractivity contribution in [3.05, 3.63) is 64.6 Å². The van der Waals surface area contributed by atoms with Crippen molar-refractivity contribution < 1.29 is 9.59 Å². The molecule has 0 bridgehead atoms. The maximum absolute atomic E-state index is 12.3. The second-order valence-electron chi connectivity index (χ2n) is 6.03. The summed E-state index contributed by atoms with van der Waals surface area (Å²) in [6, 6.07) is 12.7. The molecule has 2 amide bonds. The lowest BCUT2D eigenvalue weighted by Crippen LogP contribution is -2.27. The molecule has 1 fully saturated rings. The molecule has 124 valence electrons. The number of likely N-dealkylation sites (tertiary alicyclic amines) is 1. The normalized spacial score (nSPS) is 17.1. The number of aromatic nitrogens is 1. The van der Waals surface area contributed by atoms with Crippen molar-refractivity contribution in [1.29, 1.82) is 0 Å². The Morgan fingerprint density at radius 1 is 1.17 bits per heavy atom. The summed E-state index contributed by atoms with van der Waals surface area (Å²) in [6.07, 6.45) is 1.86. The first-order valence-electron chi connectivity index (χ1n) is 7.82. The lowest BCUT2D eigenvalue weighted by Gasteiger charge is -2.13. The number of carbonyl (C=O) groups excluding carboxylic acids is 2. The average Bonchev–Trinajstić information content (AvgIpc) is 2.91. The Bertz CT molecular complexity index is 814. The van der Waals surface area contributed by atoms with Crippen LogP contribution in [0.4, 0.5) is 5.69 Å². The first-order chi connectivity index (χ1) is 11.5. The Kier molecular flexibility index (Phi) is 4.46. The van der Waals surface area contributed by atoms with Crippen LogP contribution in [-0.2, 0) is 16.1 Å². The van der Waals surface area contributed by atoms with Gasteiger partial charge in [0.15, 0.2) is 0 Å². The highest BCUT2D eigenvalue weighted by atomic mass is 16.2. The number of benzene rings is 1. The molecule has 1 N–H and O–H groups in total. The predicted molar refractivity (Wildman–Crippen MR) is 90.6 cm³/mol. The number of nitrogens with zero attached hydrogens (tertiary/aromatic N) is 2. The van der Waals surface area contributed by atoms with Crippen LogP contribution in [0.25, 0.3) is 0 Å². The summed E-state index contributed by atoms with van der Waals surface area (Å²) >= 11 is 0. The Hall–Kier alpha value is -2.89. The van der Waals surface area contributed by atoms with Gasteiger partial charge in [-0.3, -0.25) is 14.4 Å². The standard InChI is InChI=1S/C18H19N3O3/c1-20-11-14(9-17(20)23)18(24)19-15-7-8-16(22)21(12-15)10-13-5-3-2-4-6-13/h2-8,12,14H,9-11H2,1H3,(H,19,24)/t14-/m1/s1. The van der Waals surface area contributed by atoms with Crippen LogP contribution in [0.5, 0.6) is 0 Å². The zero-order valence-corrected chi connectivity index (χ0v) is 13.4. The van der Waals surface area contributed by atoms with Crippen LogP contribution in [0, 0.1) is 5.92 Å². The number of rotatable bonds is 4. The lowest BCUT2D eigenvalue weighted by atomic mass is 10.1. The number of hydrogen-bond donors (Lipinski definition) is 1. The lowest BCUT2D eigenvalue weighted by molar-refractivity contribution is -0.127. The van der Waals surface area contributed by atoms with E-state index in [1.54, 1.807) is 28.8 Å². The molecule has 1 aromatic heterocycles. The molecule has 0 unspecified atom stereocenters. The summed E-state index contributed by atoms with van der Waals surface area (Å²) < 4.78 is 1.55. The molecule has 1 atom stereocenters. The summed E-state index contributed by atoms with van der Waals surface area (Å²) in [5.74, 6) is -0.571. The van der Waals surface area contributed by atoms with E-state index in [0.29, 0.717) is 18.8 Å². The molecule has 6 heteroatoms. The quantitative estimate of drug-likeness (QED) is 0.921. The van der Waals surface area contributed by atoms with Crippen LogP contribution in [0.1, 0.15) is 12.0 Å². The van der Waals surface area contributed by atoms with E-state index < -0.39 is 0 Å². The first-order valence-corrected chi connectivity index (χ1v) is 7.82. The number of hydrogen-bond acceptors (Lipinski definition) is 3. The van der Waals surface area contributed by atoms with Gasteiger partial charge in [0, 0.05) is 32.3 Å². The highest BCUT2D eigenvalue weighted by molar-refractivity contribution is 5.97. The van der Waals surface area contributed by atoms with E-state index in [-0.39, 0.29) is 29.7 Å². The van der Waals surface area contributed by atoms with E-state index in [9.17, 15) is 14.4 Å². The van der Waals surface area contributed by atoms with Crippen molar-refractivity contribution in [2.75, 3.05) is 18.9 Å². The van der Waals surface area contributed by atoms with Crippen LogP contribution in [0.3, 0.4) is 0 Å². The van der Waals surface area contributed by atoms with E-state index in [4.69, 9.17) is 0 Å². The Morgan fingerprint density at radius 2 is 1.92 bits per heavy atom. The molecule has 6 nitrogen and oxygen atoms in total. The highest BCUT2D eigenvalue weighted by Crippen LogP contribution is 2.18. The second-order valence-corrected chi connectivity index (χ2v) is 6.03. The fourth-order valence-electron chi connectivity index (χ4n) is 2.79. The van der Waals surface area contributed by atoms with E-state index in [1.165, 1.54) is 6.07 Å². The summed E-state index contributed by atoms with van der Waals surface area (Å²) in [5, 5.41) is 2.80. The van der Waals surface area contributed by atoms with E-state index >= 15 is 0 Å². The van der Waals surface area contributed by atoms with Gasteiger partial charge in [-0.15, -0.1) is 0 Å². The van der Waals surface area contributed by atoms with Gasteiger partial charge in [0.05, 0.1) is 18.2 Å². The largest absolute Gasteiger partial charge is 0.345 e. The van der Waals surface area contributed by atoms with Gasteiger partial charge < -0.3 is 14.8 Å². The maximum Gasteiger partial charge on any atom is 0.250 e. The zero-order valence-electron chi connectivity index (χ0n) is 13.4. The fourth-order valence-corrected chi connectivity index (χ4v) is 2.79. The summed E-state index contributed by atoms with van der Waals surface area (Å²) in [5.41, 5.74) is 1.43. The molecule has 24 heavy (non-hydrogen) atoms. The minimum Gasteiger partial charge on any atom is -0.345 e. The number of nitrogens with one attached hydrogen (secondary N) is 1. The monoisotopic (exact) mass is 325 g/mol. The summed E-state index contributed by atoms with van der Waals surface area (Å²) in [4.78, 5) is 37.4. The number of carbonyl (C=O) groups is 2. The van der Waals surface area contributed by atoms with E-state index in [1.807, 2.05) is 30.3 Å². The Balaban J connectivity index is 1.73. The second kappa shape index (κ2) is 6.70. The molecule has 3 rings (SSSR count). The highest BCUT2D eigenvalue weighted by Gasteiger charge is 2.32. The van der Waals surface area contributed by atoms with Crippen LogP contribution in [0.15, 0.2) is 53.5 Å². The Morgan fingerprint density at radius 3 is 2.58 bits per heavy atom. The molecule has 0 spiro atoms. The van der Waals surface area contributed by atoms with Crippen LogP contribution < -0.4 is 10.9 Å². The van der Waals surface area contributed by atoms with Crippen molar-refractivity contribution in [3.8, 4) is 0 Å². The van der Waals surface area contributed by atoms with Gasteiger partial charge in [-0.1, -0.05) is 30.3 Å². The molecule has 1 aliphatic rings. The molecular formula is C18H19N3O3. The number of amides is 2. The van der Waals surface area contributed by atoms with Gasteiger partial charge in [0.2, 0.25) is 11.8 Å². The van der Waals surface area contributed by atoms with Gasteiger partial charge in [0.25, 0.3) is 5.56 Å². The van der Waals surface area contributed by atoms with Crippen LogP contribution in [0.2, 0.25) is 0 Å². The Labute approximate surface area is 139 Å². The van der Waals surface area contributed by atoms with E-state index in [0.717, 1.165) is 5.56 Å². The van der Waals surface area contributed by atoms with Gasteiger partial charge in [0.1, 0.15) is 0 Å². The molecule has 1 saturated heterocycles. The van der Waals surface area contributed by atoms with E-state index in [2.05, 4.69) is 5.32 Å². The fraction of sp³-hybridized carbons (Fsp3) is 0.278. The molecule has 2 aromatic rings. The minimum atomic E-state index is -0.350. The predicted octanol–water partition coefficient (Wildman–Crippen LogP) is 1.31. The van der Waals surface area contributed by atoms with Crippen molar-refractivity contribution in [2.45, 2.75) is 13.0 Å². The van der Waals surface area contributed by atoms with Crippen LogP contribution >= 0.6 is 0 Å². The zero-order chi connectivity index (χ0) is 17.1. The van der Waals surface area contributed by atoms with Crippen molar-refractivity contribution >= 4 is 17.5 Å². The third-order valence-corrected chi connectivity index (χ3v) is 4.16. The molecule has 0 aliphatic carbocycles. The first kappa shape index (κ1) is 16.0. The SMILES string of the molecule is CN1C[C@H](C(=O)Nc2ccc(=O)n(Cc3ccccc3)c2)CC1=O. The molecule has 0 radical (unpaired) electrons. The van der Waals surface area contributed by atoms with Crippen LogP contribution in [-0.4, -0.2) is 34.9 Å². The van der Waals surface area contributed by atoms with Crippen molar-refractivity contribution in [2.24, 2.45) is 5.92 Å². The van der Waals surface area contributed by atoms with Gasteiger partial charge in [-0.25, -0.2) is 0 Å². The number of anilines is 1. The van der Waals surface area contributed by atoms with Gasteiger partial charge >= 0.3 is 0 Å². The van der Waals surface area contributed by atoms with Gasteiger partial charge in [-0.05, 0) is 11.6 Å². The topological polar surface area (TPSA) is 71.4 Å². The number of pyridine rings is 1. The summed E-state index contributed by atoms with van der Waals surface area (Å²) in [7, 11) is 1.69. The third kappa shape index (κ3) is 3.53. The molecule has 0 saturated carbocycles. The smallest absolute Gasteiger partial charge is 0.250 e.